The zero-order chi connectivity index (χ0) is 22.5. The number of amides is 2. The molecule has 0 bridgehead atoms. The Morgan fingerprint density at radius 3 is 2.22 bits per heavy atom. The minimum Gasteiger partial charge on any atom is -0.330 e. The van der Waals surface area contributed by atoms with Crippen molar-refractivity contribution in [3.05, 3.63) is 71.3 Å². The standard InChI is InChI=1S/C23H22N2O6S/c26-21(31-25-22(27)17-8-4-5-9-18(17)23(25)28)10-16-14-32(29,30)20-13-24(12-19(16)20)11-15-6-2-1-3-7-15/h1-9,16,19-20H,10-14H2. The number of hydroxylamine groups is 2. The fraction of sp³-hybridized carbons (Fsp3) is 0.348. The lowest BCUT2D eigenvalue weighted by atomic mass is 9.90. The van der Waals surface area contributed by atoms with E-state index in [0.29, 0.717) is 24.7 Å². The summed E-state index contributed by atoms with van der Waals surface area (Å²) in [7, 11) is -3.33. The van der Waals surface area contributed by atoms with Gasteiger partial charge in [-0.05, 0) is 29.5 Å². The van der Waals surface area contributed by atoms with Gasteiger partial charge in [-0.1, -0.05) is 47.5 Å². The molecule has 0 radical (unpaired) electrons. The monoisotopic (exact) mass is 454 g/mol. The maximum Gasteiger partial charge on any atom is 0.333 e. The van der Waals surface area contributed by atoms with Crippen molar-refractivity contribution in [2.45, 2.75) is 18.2 Å². The van der Waals surface area contributed by atoms with Gasteiger partial charge in [0.05, 0.1) is 28.6 Å². The third-order valence-electron chi connectivity index (χ3n) is 6.53. The molecule has 5 rings (SSSR count). The maximum atomic E-state index is 12.7. The predicted molar refractivity (Wildman–Crippen MR) is 114 cm³/mol. The third kappa shape index (κ3) is 3.61. The van der Waals surface area contributed by atoms with Crippen LogP contribution in [0.3, 0.4) is 0 Å². The van der Waals surface area contributed by atoms with E-state index in [-0.39, 0.29) is 29.2 Å². The Balaban J connectivity index is 1.25. The third-order valence-corrected chi connectivity index (χ3v) is 8.84. The molecular formula is C23H22N2O6S. The molecule has 2 amide bonds. The van der Waals surface area contributed by atoms with E-state index in [1.54, 1.807) is 12.1 Å². The highest BCUT2D eigenvalue weighted by molar-refractivity contribution is 7.92. The van der Waals surface area contributed by atoms with Crippen LogP contribution < -0.4 is 0 Å². The first kappa shape index (κ1) is 20.8. The van der Waals surface area contributed by atoms with E-state index < -0.39 is 38.8 Å². The number of fused-ring (bicyclic) bond motifs is 2. The number of rotatable bonds is 5. The molecule has 0 aliphatic carbocycles. The number of hydrogen-bond donors (Lipinski definition) is 0. The first-order chi connectivity index (χ1) is 15.3. The first-order valence-corrected chi connectivity index (χ1v) is 12.2. The highest BCUT2D eigenvalue weighted by Crippen LogP contribution is 2.40. The van der Waals surface area contributed by atoms with Crippen molar-refractivity contribution in [3.8, 4) is 0 Å². The van der Waals surface area contributed by atoms with Gasteiger partial charge in [-0.15, -0.1) is 0 Å². The van der Waals surface area contributed by atoms with Crippen molar-refractivity contribution in [3.63, 3.8) is 0 Å². The topological polar surface area (TPSA) is 101 Å². The molecule has 3 unspecified atom stereocenters. The maximum absolute atomic E-state index is 12.7. The number of carbonyl (C=O) groups is 3. The Morgan fingerprint density at radius 2 is 1.56 bits per heavy atom. The molecule has 166 valence electrons. The van der Waals surface area contributed by atoms with Gasteiger partial charge < -0.3 is 4.84 Å². The quantitative estimate of drug-likeness (QED) is 0.634. The molecule has 3 atom stereocenters. The Bertz CT molecular complexity index is 1160. The van der Waals surface area contributed by atoms with Gasteiger partial charge in [-0.3, -0.25) is 14.5 Å². The van der Waals surface area contributed by atoms with Crippen LogP contribution in [0.15, 0.2) is 54.6 Å². The summed E-state index contributed by atoms with van der Waals surface area (Å²) in [6, 6.07) is 16.1. The van der Waals surface area contributed by atoms with Gasteiger partial charge in [0.15, 0.2) is 9.84 Å². The fourth-order valence-corrected chi connectivity index (χ4v) is 7.53. The van der Waals surface area contributed by atoms with E-state index in [0.717, 1.165) is 5.56 Å². The second-order valence-corrected chi connectivity index (χ2v) is 10.9. The number of carbonyl (C=O) groups excluding carboxylic acids is 3. The number of nitrogens with zero attached hydrogens (tertiary/aromatic N) is 2. The molecule has 9 heteroatoms. The number of imide groups is 1. The fourth-order valence-electron chi connectivity index (χ4n) is 5.04. The van der Waals surface area contributed by atoms with Crippen molar-refractivity contribution in [1.82, 2.24) is 9.96 Å². The Labute approximate surface area is 185 Å². The SMILES string of the molecule is O=C(CC1CS(=O)(=O)C2CN(Cc3ccccc3)CC12)ON1C(=O)c2ccccc2C1=O. The molecule has 0 saturated carbocycles. The van der Waals surface area contributed by atoms with E-state index >= 15 is 0 Å². The van der Waals surface area contributed by atoms with E-state index in [1.165, 1.54) is 12.1 Å². The van der Waals surface area contributed by atoms with Crippen LogP contribution in [0.1, 0.15) is 32.7 Å². The number of likely N-dealkylation sites (tertiary alicyclic amines) is 1. The molecule has 0 N–H and O–H groups in total. The highest BCUT2D eigenvalue weighted by atomic mass is 32.2. The van der Waals surface area contributed by atoms with Crippen molar-refractivity contribution in [2.75, 3.05) is 18.8 Å². The summed E-state index contributed by atoms with van der Waals surface area (Å²) in [5.41, 5.74) is 1.47. The first-order valence-electron chi connectivity index (χ1n) is 10.5. The minimum absolute atomic E-state index is 0.0846. The summed E-state index contributed by atoms with van der Waals surface area (Å²) in [5.74, 6) is -2.83. The van der Waals surface area contributed by atoms with Crippen LogP contribution in [0, 0.1) is 11.8 Å². The lowest BCUT2D eigenvalue weighted by molar-refractivity contribution is -0.169. The summed E-state index contributed by atoms with van der Waals surface area (Å²) in [4.78, 5) is 44.6. The molecule has 2 aromatic rings. The van der Waals surface area contributed by atoms with Gasteiger partial charge in [0, 0.05) is 19.6 Å². The smallest absolute Gasteiger partial charge is 0.330 e. The summed E-state index contributed by atoms with van der Waals surface area (Å²) in [6.07, 6.45) is -0.160. The molecule has 3 aliphatic rings. The second kappa shape index (κ2) is 7.83. The molecule has 0 aromatic heterocycles. The number of benzene rings is 2. The van der Waals surface area contributed by atoms with Crippen LogP contribution in [0.2, 0.25) is 0 Å². The van der Waals surface area contributed by atoms with Gasteiger partial charge in [-0.2, -0.15) is 0 Å². The normalized spacial score (nSPS) is 26.2. The average Bonchev–Trinajstić information content (AvgIpc) is 3.37. The molecule has 2 fully saturated rings. The van der Waals surface area contributed by atoms with Gasteiger partial charge in [0.25, 0.3) is 11.8 Å². The van der Waals surface area contributed by atoms with Gasteiger partial charge >= 0.3 is 5.97 Å². The highest BCUT2D eigenvalue weighted by Gasteiger charge is 2.52. The number of sulfone groups is 1. The molecule has 3 aliphatic heterocycles. The van der Waals surface area contributed by atoms with Crippen LogP contribution in [-0.4, -0.2) is 60.3 Å². The van der Waals surface area contributed by atoms with Crippen molar-refractivity contribution in [2.24, 2.45) is 11.8 Å². The molecular weight excluding hydrogens is 432 g/mol. The Kier molecular flexibility index (Phi) is 5.10. The van der Waals surface area contributed by atoms with E-state index in [4.69, 9.17) is 4.84 Å². The molecule has 32 heavy (non-hydrogen) atoms. The van der Waals surface area contributed by atoms with Crippen LogP contribution >= 0.6 is 0 Å². The summed E-state index contributed by atoms with van der Waals surface area (Å²) in [6.45, 7) is 1.66. The minimum atomic E-state index is -3.33. The lowest BCUT2D eigenvalue weighted by Crippen LogP contribution is -2.34. The number of hydrogen-bond acceptors (Lipinski definition) is 7. The van der Waals surface area contributed by atoms with Crippen molar-refractivity contribution < 1.29 is 27.6 Å². The predicted octanol–water partition coefficient (Wildman–Crippen LogP) is 1.68. The van der Waals surface area contributed by atoms with E-state index in [9.17, 15) is 22.8 Å². The Hall–Kier alpha value is -3.04. The lowest BCUT2D eigenvalue weighted by Gasteiger charge is -2.20. The van der Waals surface area contributed by atoms with E-state index in [1.807, 2.05) is 30.3 Å². The van der Waals surface area contributed by atoms with Crippen LogP contribution in [0.5, 0.6) is 0 Å². The summed E-state index contributed by atoms with van der Waals surface area (Å²) in [5, 5.41) is -0.0343. The van der Waals surface area contributed by atoms with Crippen LogP contribution in [0.4, 0.5) is 0 Å². The molecule has 0 spiro atoms. The van der Waals surface area contributed by atoms with Crippen molar-refractivity contribution >= 4 is 27.6 Å². The zero-order valence-electron chi connectivity index (χ0n) is 17.2. The molecule has 2 aromatic carbocycles. The summed E-state index contributed by atoms with van der Waals surface area (Å²) < 4.78 is 25.5. The zero-order valence-corrected chi connectivity index (χ0v) is 18.0. The largest absolute Gasteiger partial charge is 0.333 e. The average molecular weight is 455 g/mol. The van der Waals surface area contributed by atoms with Crippen molar-refractivity contribution in [1.29, 1.82) is 0 Å². The van der Waals surface area contributed by atoms with Gasteiger partial charge in [0.2, 0.25) is 0 Å². The molecule has 3 heterocycles. The van der Waals surface area contributed by atoms with Crippen LogP contribution in [0.25, 0.3) is 0 Å². The van der Waals surface area contributed by atoms with E-state index in [2.05, 4.69) is 4.90 Å². The second-order valence-electron chi connectivity index (χ2n) is 8.59. The van der Waals surface area contributed by atoms with Crippen LogP contribution in [-0.2, 0) is 26.0 Å². The summed E-state index contributed by atoms with van der Waals surface area (Å²) >= 11 is 0. The molecule has 8 nitrogen and oxygen atoms in total. The van der Waals surface area contributed by atoms with Gasteiger partial charge in [0.1, 0.15) is 0 Å². The Morgan fingerprint density at radius 1 is 0.938 bits per heavy atom. The molecule has 2 saturated heterocycles. The van der Waals surface area contributed by atoms with Gasteiger partial charge in [-0.25, -0.2) is 13.2 Å².